The molecule has 3 atom stereocenters. The molecular weight excluding hydrogens is 315 g/mol. The van der Waals surface area contributed by atoms with E-state index in [1.54, 1.807) is 12.1 Å². The van der Waals surface area contributed by atoms with Gasteiger partial charge in [0.25, 0.3) is 0 Å². The minimum absolute atomic E-state index is 0.164. The Balaban J connectivity index is 1.48. The molecule has 1 saturated carbocycles. The summed E-state index contributed by atoms with van der Waals surface area (Å²) in [6.45, 7) is 2.38. The molecule has 1 fully saturated rings. The second-order valence-corrected chi connectivity index (χ2v) is 7.81. The third-order valence-corrected chi connectivity index (χ3v) is 6.30. The van der Waals surface area contributed by atoms with Crippen molar-refractivity contribution in [3.8, 4) is 0 Å². The Bertz CT molecular complexity index is 779. The van der Waals surface area contributed by atoms with Gasteiger partial charge >= 0.3 is 0 Å². The molecule has 1 aromatic carbocycles. The van der Waals surface area contributed by atoms with Gasteiger partial charge in [-0.25, -0.2) is 4.39 Å². The lowest BCUT2D eigenvalue weighted by Gasteiger charge is -2.46. The molecule has 4 rings (SSSR count). The van der Waals surface area contributed by atoms with Crippen molar-refractivity contribution in [2.45, 2.75) is 51.6 Å². The summed E-state index contributed by atoms with van der Waals surface area (Å²) in [5.41, 5.74) is 4.96. The number of allylic oxidation sites excluding steroid dienone is 1. The standard InChI is InChI=1S/C21H25FN2O/c1-21-12-15-13-23-24-19(15)11-17(21)4-2-3-16(21)7-10-20(25)14-5-8-18(22)9-6-14/h5-6,8-9,11,13,16,20,25H,2-4,7,10,12H2,1H3,(H,23,24)/t16-,20?,21-/m1/s1. The first-order chi connectivity index (χ1) is 12.1. The second kappa shape index (κ2) is 6.41. The van der Waals surface area contributed by atoms with Crippen LogP contribution in [-0.2, 0) is 6.42 Å². The maximum Gasteiger partial charge on any atom is 0.123 e. The molecule has 25 heavy (non-hydrogen) atoms. The number of nitrogens with one attached hydrogen (secondary N) is 1. The van der Waals surface area contributed by atoms with Crippen LogP contribution in [0.5, 0.6) is 0 Å². The van der Waals surface area contributed by atoms with E-state index in [4.69, 9.17) is 0 Å². The maximum absolute atomic E-state index is 13.1. The summed E-state index contributed by atoms with van der Waals surface area (Å²) in [6, 6.07) is 6.21. The highest BCUT2D eigenvalue weighted by Gasteiger charge is 2.42. The van der Waals surface area contributed by atoms with Crippen molar-refractivity contribution >= 4 is 6.08 Å². The number of H-pyrrole nitrogens is 1. The number of hydrogen-bond acceptors (Lipinski definition) is 2. The van der Waals surface area contributed by atoms with E-state index >= 15 is 0 Å². The largest absolute Gasteiger partial charge is 0.388 e. The van der Waals surface area contributed by atoms with Crippen LogP contribution in [0.3, 0.4) is 0 Å². The molecular formula is C21H25FN2O. The summed E-state index contributed by atoms with van der Waals surface area (Å²) in [5, 5.41) is 17.8. The average molecular weight is 340 g/mol. The van der Waals surface area contributed by atoms with Crippen LogP contribution in [0.25, 0.3) is 6.08 Å². The fourth-order valence-electron chi connectivity index (χ4n) is 4.73. The topological polar surface area (TPSA) is 48.9 Å². The predicted molar refractivity (Wildman–Crippen MR) is 96.3 cm³/mol. The third kappa shape index (κ3) is 3.04. The van der Waals surface area contributed by atoms with Crippen LogP contribution in [0.1, 0.15) is 62.0 Å². The van der Waals surface area contributed by atoms with Crippen molar-refractivity contribution in [1.82, 2.24) is 10.2 Å². The molecule has 0 saturated heterocycles. The van der Waals surface area contributed by atoms with Crippen molar-refractivity contribution in [3.05, 3.63) is 58.7 Å². The highest BCUT2D eigenvalue weighted by atomic mass is 19.1. The number of hydrogen-bond donors (Lipinski definition) is 2. The summed E-state index contributed by atoms with van der Waals surface area (Å²) in [6.07, 6.45) is 10.0. The summed E-state index contributed by atoms with van der Waals surface area (Å²) < 4.78 is 13.1. The molecule has 2 N–H and O–H groups in total. The monoisotopic (exact) mass is 340 g/mol. The van der Waals surface area contributed by atoms with E-state index in [0.29, 0.717) is 5.92 Å². The zero-order chi connectivity index (χ0) is 17.4. The van der Waals surface area contributed by atoms with E-state index in [1.165, 1.54) is 41.8 Å². The van der Waals surface area contributed by atoms with Crippen molar-refractivity contribution < 1.29 is 9.50 Å². The number of aliphatic hydroxyl groups is 1. The van der Waals surface area contributed by atoms with Crippen molar-refractivity contribution in [2.24, 2.45) is 11.3 Å². The lowest BCUT2D eigenvalue weighted by atomic mass is 9.58. The van der Waals surface area contributed by atoms with E-state index in [2.05, 4.69) is 23.2 Å². The fraction of sp³-hybridized carbons (Fsp3) is 0.476. The number of fused-ring (bicyclic) bond motifs is 2. The fourth-order valence-corrected chi connectivity index (χ4v) is 4.73. The Labute approximate surface area is 148 Å². The van der Waals surface area contributed by atoms with E-state index in [1.807, 2.05) is 6.20 Å². The van der Waals surface area contributed by atoms with Gasteiger partial charge in [-0.3, -0.25) is 5.10 Å². The molecule has 0 radical (unpaired) electrons. The van der Waals surface area contributed by atoms with Gasteiger partial charge in [-0.05, 0) is 79.2 Å². The van der Waals surface area contributed by atoms with Gasteiger partial charge in [0.15, 0.2) is 0 Å². The lowest BCUT2D eigenvalue weighted by molar-refractivity contribution is 0.117. The molecule has 1 aromatic heterocycles. The molecule has 0 bridgehead atoms. The summed E-state index contributed by atoms with van der Waals surface area (Å²) in [7, 11) is 0. The van der Waals surface area contributed by atoms with E-state index in [9.17, 15) is 9.50 Å². The van der Waals surface area contributed by atoms with Gasteiger partial charge in [0.1, 0.15) is 5.82 Å². The van der Waals surface area contributed by atoms with Crippen LogP contribution in [0.2, 0.25) is 0 Å². The summed E-state index contributed by atoms with van der Waals surface area (Å²) in [5.74, 6) is 0.300. The zero-order valence-electron chi connectivity index (χ0n) is 14.6. The molecule has 1 heterocycles. The third-order valence-electron chi connectivity index (χ3n) is 6.30. The smallest absolute Gasteiger partial charge is 0.123 e. The normalized spacial score (nSPS) is 26.5. The molecule has 4 heteroatoms. The van der Waals surface area contributed by atoms with Gasteiger partial charge < -0.3 is 5.11 Å². The van der Waals surface area contributed by atoms with Crippen molar-refractivity contribution in [2.75, 3.05) is 0 Å². The number of nitrogens with zero attached hydrogens (tertiary/aromatic N) is 1. The zero-order valence-corrected chi connectivity index (χ0v) is 14.6. The maximum atomic E-state index is 13.1. The van der Waals surface area contributed by atoms with Crippen molar-refractivity contribution in [1.29, 1.82) is 0 Å². The van der Waals surface area contributed by atoms with Crippen LogP contribution in [0.15, 0.2) is 36.0 Å². The Hall–Kier alpha value is -1.94. The lowest BCUT2D eigenvalue weighted by Crippen LogP contribution is -2.37. The highest BCUT2D eigenvalue weighted by Crippen LogP contribution is 2.52. The second-order valence-electron chi connectivity index (χ2n) is 7.81. The quantitative estimate of drug-likeness (QED) is 0.839. The summed E-state index contributed by atoms with van der Waals surface area (Å²) in [4.78, 5) is 0. The van der Waals surface area contributed by atoms with Crippen LogP contribution in [0.4, 0.5) is 4.39 Å². The number of halogens is 1. The van der Waals surface area contributed by atoms with E-state index in [0.717, 1.165) is 31.2 Å². The highest BCUT2D eigenvalue weighted by molar-refractivity contribution is 5.58. The van der Waals surface area contributed by atoms with Crippen LogP contribution < -0.4 is 0 Å². The number of benzene rings is 1. The first kappa shape index (κ1) is 16.5. The Kier molecular flexibility index (Phi) is 4.24. The Morgan fingerprint density at radius 3 is 2.96 bits per heavy atom. The first-order valence-electron chi connectivity index (χ1n) is 9.23. The number of aromatic nitrogens is 2. The average Bonchev–Trinajstić information content (AvgIpc) is 3.04. The molecule has 2 aromatic rings. The van der Waals surface area contributed by atoms with Gasteiger partial charge in [0, 0.05) is 0 Å². The number of aliphatic hydroxyl groups excluding tert-OH is 1. The van der Waals surface area contributed by atoms with E-state index < -0.39 is 6.10 Å². The minimum Gasteiger partial charge on any atom is -0.388 e. The molecule has 2 aliphatic carbocycles. The molecule has 132 valence electrons. The number of aromatic amines is 1. The van der Waals surface area contributed by atoms with Gasteiger partial charge in [-0.1, -0.05) is 24.6 Å². The van der Waals surface area contributed by atoms with Crippen LogP contribution in [0, 0.1) is 17.2 Å². The minimum atomic E-state index is -0.522. The number of rotatable bonds is 4. The Morgan fingerprint density at radius 2 is 2.16 bits per heavy atom. The van der Waals surface area contributed by atoms with Gasteiger partial charge in [0.05, 0.1) is 18.0 Å². The molecule has 0 aliphatic heterocycles. The van der Waals surface area contributed by atoms with Gasteiger partial charge in [-0.2, -0.15) is 5.10 Å². The van der Waals surface area contributed by atoms with E-state index in [-0.39, 0.29) is 11.2 Å². The van der Waals surface area contributed by atoms with Crippen molar-refractivity contribution in [3.63, 3.8) is 0 Å². The summed E-state index contributed by atoms with van der Waals surface area (Å²) >= 11 is 0. The van der Waals surface area contributed by atoms with Gasteiger partial charge in [-0.15, -0.1) is 0 Å². The van der Waals surface area contributed by atoms with Crippen LogP contribution in [-0.4, -0.2) is 15.3 Å². The predicted octanol–water partition coefficient (Wildman–Crippen LogP) is 4.81. The Morgan fingerprint density at radius 1 is 1.36 bits per heavy atom. The SMILES string of the molecule is C[C@]12Cc3cn[nH]c3C=C1CCC[C@@H]2CCC(O)c1ccc(F)cc1. The molecule has 0 spiro atoms. The van der Waals surface area contributed by atoms with Gasteiger partial charge in [0.2, 0.25) is 0 Å². The molecule has 2 aliphatic rings. The molecule has 3 nitrogen and oxygen atoms in total. The van der Waals surface area contributed by atoms with Crippen LogP contribution >= 0.6 is 0 Å². The first-order valence-corrected chi connectivity index (χ1v) is 9.23. The molecule has 0 amide bonds. The molecule has 1 unspecified atom stereocenters.